The summed E-state index contributed by atoms with van der Waals surface area (Å²) in [5.74, 6) is 0.620. The normalized spacial score (nSPS) is 16.2. The van der Waals surface area contributed by atoms with E-state index in [0.717, 1.165) is 23.7 Å². The summed E-state index contributed by atoms with van der Waals surface area (Å²) in [7, 11) is 0. The molecule has 0 atom stereocenters. The first-order chi connectivity index (χ1) is 7.16. The van der Waals surface area contributed by atoms with Gasteiger partial charge in [0.25, 0.3) is 0 Å². The number of hydrogen-bond acceptors (Lipinski definition) is 1. The van der Waals surface area contributed by atoms with Crippen LogP contribution >= 0.6 is 15.9 Å². The molecule has 0 aliphatic heterocycles. The summed E-state index contributed by atoms with van der Waals surface area (Å²) >= 11 is 3.20. The molecule has 15 heavy (non-hydrogen) atoms. The molecule has 2 rings (SSSR count). The Kier molecular flexibility index (Phi) is 3.29. The summed E-state index contributed by atoms with van der Waals surface area (Å²) in [6.07, 6.45) is 4.02. The molecule has 1 fully saturated rings. The molecule has 1 nitrogen and oxygen atoms in total. The lowest BCUT2D eigenvalue weighted by atomic mass is 9.85. The number of aryl methyl sites for hydroxylation is 1. The highest BCUT2D eigenvalue weighted by Gasteiger charge is 2.17. The van der Waals surface area contributed by atoms with Gasteiger partial charge in [0, 0.05) is 12.2 Å². The molecular weight excluding hydrogens is 257 g/mol. The number of hydrogen-bond donors (Lipinski definition) is 1. The van der Waals surface area contributed by atoms with Crippen molar-refractivity contribution in [1.29, 1.82) is 0 Å². The zero-order valence-electron chi connectivity index (χ0n) is 8.82. The van der Waals surface area contributed by atoms with E-state index in [-0.39, 0.29) is 5.82 Å². The summed E-state index contributed by atoms with van der Waals surface area (Å²) in [5, 5.41) is 3.39. The van der Waals surface area contributed by atoms with Crippen LogP contribution in [0.15, 0.2) is 16.6 Å². The summed E-state index contributed by atoms with van der Waals surface area (Å²) in [6, 6.07) is 3.39. The predicted octanol–water partition coefficient (Wildman–Crippen LogP) is 4.11. The lowest BCUT2D eigenvalue weighted by Gasteiger charge is -2.26. The molecule has 0 bridgehead atoms. The standard InChI is InChI=1S/C12H15BrFN/c1-8-5-11(14)10(13)6-12(8)15-7-9-3-2-4-9/h5-6,9,15H,2-4,7H2,1H3. The van der Waals surface area contributed by atoms with Crippen LogP contribution < -0.4 is 5.32 Å². The highest BCUT2D eigenvalue weighted by atomic mass is 79.9. The average Bonchev–Trinajstić information content (AvgIpc) is 2.11. The molecule has 1 aliphatic carbocycles. The monoisotopic (exact) mass is 271 g/mol. The van der Waals surface area contributed by atoms with Gasteiger partial charge in [0.05, 0.1) is 4.47 Å². The van der Waals surface area contributed by atoms with Crippen LogP contribution in [-0.2, 0) is 0 Å². The summed E-state index contributed by atoms with van der Waals surface area (Å²) < 4.78 is 13.7. The highest BCUT2D eigenvalue weighted by Crippen LogP contribution is 2.28. The van der Waals surface area contributed by atoms with Crippen LogP contribution in [0, 0.1) is 18.7 Å². The van der Waals surface area contributed by atoms with E-state index in [9.17, 15) is 4.39 Å². The van der Waals surface area contributed by atoms with E-state index in [4.69, 9.17) is 0 Å². The lowest BCUT2D eigenvalue weighted by molar-refractivity contribution is 0.333. The fourth-order valence-corrected chi connectivity index (χ4v) is 2.13. The highest BCUT2D eigenvalue weighted by molar-refractivity contribution is 9.10. The summed E-state index contributed by atoms with van der Waals surface area (Å²) in [6.45, 7) is 2.94. The first-order valence-electron chi connectivity index (χ1n) is 5.36. The minimum Gasteiger partial charge on any atom is -0.385 e. The van der Waals surface area contributed by atoms with Crippen LogP contribution in [0.3, 0.4) is 0 Å². The molecule has 1 aliphatic rings. The summed E-state index contributed by atoms with van der Waals surface area (Å²) in [4.78, 5) is 0. The Bertz CT molecular complexity index is 361. The first kappa shape index (κ1) is 10.9. The molecule has 0 spiro atoms. The number of benzene rings is 1. The van der Waals surface area contributed by atoms with Gasteiger partial charge >= 0.3 is 0 Å². The van der Waals surface area contributed by atoms with E-state index in [2.05, 4.69) is 21.2 Å². The fraction of sp³-hybridized carbons (Fsp3) is 0.500. The van der Waals surface area contributed by atoms with Crippen molar-refractivity contribution >= 4 is 21.6 Å². The van der Waals surface area contributed by atoms with Crippen LogP contribution in [0.2, 0.25) is 0 Å². The molecule has 82 valence electrons. The Morgan fingerprint density at radius 1 is 1.47 bits per heavy atom. The largest absolute Gasteiger partial charge is 0.385 e. The van der Waals surface area contributed by atoms with Crippen LogP contribution in [-0.4, -0.2) is 6.54 Å². The van der Waals surface area contributed by atoms with Crippen molar-refractivity contribution in [2.45, 2.75) is 26.2 Å². The minimum absolute atomic E-state index is 0.193. The molecule has 0 saturated heterocycles. The molecular formula is C12H15BrFN. The molecule has 0 aromatic heterocycles. The fourth-order valence-electron chi connectivity index (χ4n) is 1.79. The van der Waals surface area contributed by atoms with Gasteiger partial charge in [0.15, 0.2) is 0 Å². The topological polar surface area (TPSA) is 12.0 Å². The lowest BCUT2D eigenvalue weighted by Crippen LogP contribution is -2.21. The minimum atomic E-state index is -0.193. The second-order valence-corrected chi connectivity index (χ2v) is 5.11. The predicted molar refractivity (Wildman–Crippen MR) is 64.7 cm³/mol. The third-order valence-corrected chi connectivity index (χ3v) is 3.68. The van der Waals surface area contributed by atoms with Gasteiger partial charge in [-0.2, -0.15) is 0 Å². The van der Waals surface area contributed by atoms with Gasteiger partial charge in [-0.15, -0.1) is 0 Å². The van der Waals surface area contributed by atoms with Gasteiger partial charge in [-0.25, -0.2) is 4.39 Å². The van der Waals surface area contributed by atoms with E-state index in [1.807, 2.05) is 13.0 Å². The van der Waals surface area contributed by atoms with Crippen LogP contribution in [0.25, 0.3) is 0 Å². The van der Waals surface area contributed by atoms with Crippen molar-refractivity contribution in [2.75, 3.05) is 11.9 Å². The SMILES string of the molecule is Cc1cc(F)c(Br)cc1NCC1CCC1. The average molecular weight is 272 g/mol. The second kappa shape index (κ2) is 4.52. The number of rotatable bonds is 3. The third-order valence-electron chi connectivity index (χ3n) is 3.07. The summed E-state index contributed by atoms with van der Waals surface area (Å²) in [5.41, 5.74) is 2.00. The molecule has 1 aromatic rings. The molecule has 3 heteroatoms. The Hall–Kier alpha value is -0.570. The van der Waals surface area contributed by atoms with E-state index in [0.29, 0.717) is 4.47 Å². The molecule has 0 amide bonds. The maximum atomic E-state index is 13.2. The van der Waals surface area contributed by atoms with Crippen LogP contribution in [0.1, 0.15) is 24.8 Å². The van der Waals surface area contributed by atoms with Gasteiger partial charge in [-0.05, 0) is 59.3 Å². The molecule has 0 heterocycles. The second-order valence-electron chi connectivity index (χ2n) is 4.26. The van der Waals surface area contributed by atoms with Crippen LogP contribution in [0.4, 0.5) is 10.1 Å². The van der Waals surface area contributed by atoms with Crippen molar-refractivity contribution in [3.05, 3.63) is 28.0 Å². The third kappa shape index (κ3) is 2.51. The van der Waals surface area contributed by atoms with E-state index in [1.165, 1.54) is 19.3 Å². The smallest absolute Gasteiger partial charge is 0.137 e. The van der Waals surface area contributed by atoms with Gasteiger partial charge < -0.3 is 5.32 Å². The van der Waals surface area contributed by atoms with E-state index >= 15 is 0 Å². The van der Waals surface area contributed by atoms with E-state index in [1.54, 1.807) is 6.07 Å². The maximum absolute atomic E-state index is 13.2. The van der Waals surface area contributed by atoms with Gasteiger partial charge in [0.2, 0.25) is 0 Å². The molecule has 0 radical (unpaired) electrons. The Morgan fingerprint density at radius 2 is 2.20 bits per heavy atom. The molecule has 1 N–H and O–H groups in total. The van der Waals surface area contributed by atoms with E-state index < -0.39 is 0 Å². The van der Waals surface area contributed by atoms with Crippen LogP contribution in [0.5, 0.6) is 0 Å². The Labute approximate surface area is 98.2 Å². The Morgan fingerprint density at radius 3 is 2.80 bits per heavy atom. The van der Waals surface area contributed by atoms with Crippen molar-refractivity contribution < 1.29 is 4.39 Å². The van der Waals surface area contributed by atoms with Crippen molar-refractivity contribution in [1.82, 2.24) is 0 Å². The van der Waals surface area contributed by atoms with Gasteiger partial charge in [0.1, 0.15) is 5.82 Å². The number of anilines is 1. The maximum Gasteiger partial charge on any atom is 0.137 e. The molecule has 1 saturated carbocycles. The molecule has 0 unspecified atom stereocenters. The number of halogens is 2. The zero-order chi connectivity index (χ0) is 10.8. The van der Waals surface area contributed by atoms with Gasteiger partial charge in [-0.3, -0.25) is 0 Å². The zero-order valence-corrected chi connectivity index (χ0v) is 10.4. The van der Waals surface area contributed by atoms with Crippen molar-refractivity contribution in [3.8, 4) is 0 Å². The number of nitrogens with one attached hydrogen (secondary N) is 1. The first-order valence-corrected chi connectivity index (χ1v) is 6.15. The Balaban J connectivity index is 2.03. The molecule has 1 aromatic carbocycles. The van der Waals surface area contributed by atoms with Crippen molar-refractivity contribution in [3.63, 3.8) is 0 Å². The van der Waals surface area contributed by atoms with Crippen molar-refractivity contribution in [2.24, 2.45) is 5.92 Å². The van der Waals surface area contributed by atoms with Gasteiger partial charge in [-0.1, -0.05) is 6.42 Å². The quantitative estimate of drug-likeness (QED) is 0.873.